The van der Waals surface area contributed by atoms with Gasteiger partial charge in [-0.1, -0.05) is 23.4 Å². The van der Waals surface area contributed by atoms with Gasteiger partial charge in [0.1, 0.15) is 5.75 Å². The lowest BCUT2D eigenvalue weighted by Crippen LogP contribution is -2.24. The SMILES string of the molecule is COc1ccccc1CN1CC(c2noc(-c3sccc3C)n2)CC1=O. The van der Waals surface area contributed by atoms with Crippen molar-refractivity contribution in [2.45, 2.75) is 25.8 Å². The topological polar surface area (TPSA) is 68.5 Å². The number of thiophene rings is 1. The van der Waals surface area contributed by atoms with Crippen molar-refractivity contribution in [1.29, 1.82) is 0 Å². The van der Waals surface area contributed by atoms with Gasteiger partial charge in [-0.15, -0.1) is 11.3 Å². The van der Waals surface area contributed by atoms with Crippen molar-refractivity contribution in [3.8, 4) is 16.5 Å². The molecule has 1 amide bonds. The van der Waals surface area contributed by atoms with Gasteiger partial charge in [0, 0.05) is 31.0 Å². The van der Waals surface area contributed by atoms with Crippen molar-refractivity contribution in [2.24, 2.45) is 0 Å². The van der Waals surface area contributed by atoms with Gasteiger partial charge in [0.15, 0.2) is 5.82 Å². The van der Waals surface area contributed by atoms with Crippen LogP contribution in [-0.4, -0.2) is 34.6 Å². The zero-order chi connectivity index (χ0) is 18.1. The van der Waals surface area contributed by atoms with E-state index in [0.717, 1.165) is 21.8 Å². The fraction of sp³-hybridized carbons (Fsp3) is 0.316. The molecule has 3 heterocycles. The van der Waals surface area contributed by atoms with Crippen molar-refractivity contribution in [3.63, 3.8) is 0 Å². The van der Waals surface area contributed by atoms with E-state index in [1.54, 1.807) is 18.4 Å². The van der Waals surface area contributed by atoms with Crippen LogP contribution in [0.15, 0.2) is 40.2 Å². The fourth-order valence-corrected chi connectivity index (χ4v) is 4.07. The average molecular weight is 369 g/mol. The molecule has 134 valence electrons. The largest absolute Gasteiger partial charge is 0.496 e. The Hall–Kier alpha value is -2.67. The summed E-state index contributed by atoms with van der Waals surface area (Å²) in [6.45, 7) is 3.12. The second kappa shape index (κ2) is 6.92. The fourth-order valence-electron chi connectivity index (χ4n) is 3.22. The van der Waals surface area contributed by atoms with Crippen molar-refractivity contribution >= 4 is 17.2 Å². The summed E-state index contributed by atoms with van der Waals surface area (Å²) in [5.74, 6) is 1.97. The molecule has 3 aromatic rings. The molecule has 1 aromatic carbocycles. The average Bonchev–Trinajstić information content (AvgIpc) is 3.36. The van der Waals surface area contributed by atoms with Gasteiger partial charge in [0.25, 0.3) is 5.89 Å². The summed E-state index contributed by atoms with van der Waals surface area (Å²) in [5.41, 5.74) is 2.11. The van der Waals surface area contributed by atoms with Gasteiger partial charge in [-0.3, -0.25) is 4.79 Å². The van der Waals surface area contributed by atoms with Crippen LogP contribution in [0.2, 0.25) is 0 Å². The number of hydrogen-bond donors (Lipinski definition) is 0. The van der Waals surface area contributed by atoms with Gasteiger partial charge in [-0.05, 0) is 30.0 Å². The zero-order valence-corrected chi connectivity index (χ0v) is 15.5. The van der Waals surface area contributed by atoms with Gasteiger partial charge in [0.2, 0.25) is 5.91 Å². The predicted octanol–water partition coefficient (Wildman–Crippen LogP) is 3.63. The molecule has 1 fully saturated rings. The molecule has 4 rings (SSSR count). The number of hydrogen-bond acceptors (Lipinski definition) is 6. The van der Waals surface area contributed by atoms with E-state index >= 15 is 0 Å². The number of aromatic nitrogens is 2. The summed E-state index contributed by atoms with van der Waals surface area (Å²) in [6.07, 6.45) is 0.400. The van der Waals surface area contributed by atoms with Crippen LogP contribution in [0.5, 0.6) is 5.75 Å². The summed E-state index contributed by atoms with van der Waals surface area (Å²) in [6, 6.07) is 9.78. The molecule has 1 atom stereocenters. The lowest BCUT2D eigenvalue weighted by Gasteiger charge is -2.17. The Bertz CT molecular complexity index is 934. The van der Waals surface area contributed by atoms with Crippen molar-refractivity contribution in [3.05, 3.63) is 52.7 Å². The highest BCUT2D eigenvalue weighted by Crippen LogP contribution is 2.32. The van der Waals surface area contributed by atoms with E-state index in [4.69, 9.17) is 9.26 Å². The highest BCUT2D eigenvalue weighted by atomic mass is 32.1. The van der Waals surface area contributed by atoms with Crippen LogP contribution in [-0.2, 0) is 11.3 Å². The number of likely N-dealkylation sites (tertiary alicyclic amines) is 1. The van der Waals surface area contributed by atoms with Crippen LogP contribution in [0.1, 0.15) is 29.3 Å². The number of ether oxygens (including phenoxy) is 1. The minimum absolute atomic E-state index is 0.0463. The first-order valence-electron chi connectivity index (χ1n) is 8.43. The summed E-state index contributed by atoms with van der Waals surface area (Å²) in [5, 5.41) is 6.12. The first kappa shape index (κ1) is 16.8. The lowest BCUT2D eigenvalue weighted by molar-refractivity contribution is -0.128. The molecule has 0 radical (unpaired) electrons. The monoisotopic (exact) mass is 369 g/mol. The highest BCUT2D eigenvalue weighted by molar-refractivity contribution is 7.13. The number of carbonyl (C=O) groups is 1. The van der Waals surface area contributed by atoms with Crippen molar-refractivity contribution in [1.82, 2.24) is 15.0 Å². The quantitative estimate of drug-likeness (QED) is 0.687. The van der Waals surface area contributed by atoms with Gasteiger partial charge in [-0.2, -0.15) is 4.98 Å². The third-order valence-corrected chi connectivity index (χ3v) is 5.64. The predicted molar refractivity (Wildman–Crippen MR) is 98.1 cm³/mol. The number of methoxy groups -OCH3 is 1. The minimum Gasteiger partial charge on any atom is -0.496 e. The van der Waals surface area contributed by atoms with Gasteiger partial charge in [-0.25, -0.2) is 0 Å². The first-order chi connectivity index (χ1) is 12.7. The number of amides is 1. The van der Waals surface area contributed by atoms with Gasteiger partial charge < -0.3 is 14.2 Å². The smallest absolute Gasteiger partial charge is 0.268 e. The summed E-state index contributed by atoms with van der Waals surface area (Å²) < 4.78 is 10.8. The van der Waals surface area contributed by atoms with Crippen LogP contribution >= 0.6 is 11.3 Å². The number of aryl methyl sites for hydroxylation is 1. The van der Waals surface area contributed by atoms with E-state index in [0.29, 0.717) is 31.2 Å². The Balaban J connectivity index is 1.50. The normalized spacial score (nSPS) is 17.1. The summed E-state index contributed by atoms with van der Waals surface area (Å²) >= 11 is 1.58. The number of nitrogens with zero attached hydrogens (tertiary/aromatic N) is 3. The Morgan fingerprint density at radius 3 is 2.96 bits per heavy atom. The van der Waals surface area contributed by atoms with Crippen molar-refractivity contribution < 1.29 is 14.1 Å². The molecule has 7 heteroatoms. The maximum atomic E-state index is 12.5. The van der Waals surface area contributed by atoms with E-state index in [2.05, 4.69) is 10.1 Å². The molecular weight excluding hydrogens is 350 g/mol. The highest BCUT2D eigenvalue weighted by Gasteiger charge is 2.34. The number of rotatable bonds is 5. The molecule has 0 spiro atoms. The number of carbonyl (C=O) groups excluding carboxylic acids is 1. The molecule has 1 aliphatic rings. The summed E-state index contributed by atoms with van der Waals surface area (Å²) in [7, 11) is 1.64. The molecular formula is C19H19N3O3S. The first-order valence-corrected chi connectivity index (χ1v) is 9.31. The maximum Gasteiger partial charge on any atom is 0.268 e. The molecule has 1 saturated heterocycles. The third kappa shape index (κ3) is 3.10. The van der Waals surface area contributed by atoms with E-state index in [1.807, 2.05) is 47.5 Å². The second-order valence-electron chi connectivity index (χ2n) is 6.38. The van der Waals surface area contributed by atoms with Gasteiger partial charge >= 0.3 is 0 Å². The molecule has 2 aromatic heterocycles. The van der Waals surface area contributed by atoms with Gasteiger partial charge in [0.05, 0.1) is 12.0 Å². The Morgan fingerprint density at radius 1 is 1.35 bits per heavy atom. The molecule has 0 saturated carbocycles. The maximum absolute atomic E-state index is 12.5. The third-order valence-electron chi connectivity index (χ3n) is 4.63. The number of para-hydroxylation sites is 1. The minimum atomic E-state index is -0.0463. The van der Waals surface area contributed by atoms with E-state index in [1.165, 1.54) is 0 Å². The molecule has 26 heavy (non-hydrogen) atoms. The van der Waals surface area contributed by atoms with E-state index in [-0.39, 0.29) is 11.8 Å². The Kier molecular flexibility index (Phi) is 4.46. The van der Waals surface area contributed by atoms with Crippen LogP contribution in [0, 0.1) is 6.92 Å². The van der Waals surface area contributed by atoms with Crippen LogP contribution in [0.4, 0.5) is 0 Å². The molecule has 0 N–H and O–H groups in total. The Morgan fingerprint density at radius 2 is 2.19 bits per heavy atom. The Labute approximate surface area is 155 Å². The second-order valence-corrected chi connectivity index (χ2v) is 7.29. The van der Waals surface area contributed by atoms with Crippen molar-refractivity contribution in [2.75, 3.05) is 13.7 Å². The summed E-state index contributed by atoms with van der Waals surface area (Å²) in [4.78, 5) is 19.8. The zero-order valence-electron chi connectivity index (χ0n) is 14.6. The molecule has 0 aliphatic carbocycles. The lowest BCUT2D eigenvalue weighted by atomic mass is 10.1. The molecule has 6 nitrogen and oxygen atoms in total. The van der Waals surface area contributed by atoms with Crippen LogP contribution in [0.3, 0.4) is 0 Å². The molecule has 0 bridgehead atoms. The molecule has 1 aliphatic heterocycles. The standard InChI is InChI=1S/C19H19N3O3S/c1-12-7-8-26-17(12)19-20-18(21-25-19)14-9-16(23)22(11-14)10-13-5-3-4-6-15(13)24-2/h3-8,14H,9-11H2,1-2H3. The van der Waals surface area contributed by atoms with Crippen LogP contribution < -0.4 is 4.74 Å². The van der Waals surface area contributed by atoms with Crippen LogP contribution in [0.25, 0.3) is 10.8 Å². The van der Waals surface area contributed by atoms with E-state index < -0.39 is 0 Å². The van der Waals surface area contributed by atoms with E-state index in [9.17, 15) is 4.79 Å². The molecule has 1 unspecified atom stereocenters. The number of benzene rings is 1.